The Hall–Kier alpha value is -1.86. The molecule has 15 heavy (non-hydrogen) atoms. The SMILES string of the molecule is C=CCc1c(O)ccc2nc(C#N)sc12. The van der Waals surface area contributed by atoms with Crippen molar-refractivity contribution < 1.29 is 5.11 Å². The van der Waals surface area contributed by atoms with Gasteiger partial charge in [-0.2, -0.15) is 5.26 Å². The fourth-order valence-electron chi connectivity index (χ4n) is 1.43. The Morgan fingerprint density at radius 3 is 3.07 bits per heavy atom. The van der Waals surface area contributed by atoms with Crippen molar-refractivity contribution >= 4 is 21.6 Å². The lowest BCUT2D eigenvalue weighted by atomic mass is 10.1. The molecule has 0 atom stereocenters. The summed E-state index contributed by atoms with van der Waals surface area (Å²) in [5.74, 6) is 0.232. The maximum atomic E-state index is 9.67. The number of hydrogen-bond donors (Lipinski definition) is 1. The number of allylic oxidation sites excluding steroid dienone is 1. The second-order valence-electron chi connectivity index (χ2n) is 3.04. The summed E-state index contributed by atoms with van der Waals surface area (Å²) < 4.78 is 0.867. The molecular weight excluding hydrogens is 208 g/mol. The minimum atomic E-state index is 0.232. The molecule has 0 bridgehead atoms. The Balaban J connectivity index is 2.74. The zero-order chi connectivity index (χ0) is 10.8. The number of hydrogen-bond acceptors (Lipinski definition) is 4. The molecule has 0 aliphatic rings. The Morgan fingerprint density at radius 2 is 2.40 bits per heavy atom. The minimum absolute atomic E-state index is 0.232. The van der Waals surface area contributed by atoms with E-state index < -0.39 is 0 Å². The molecule has 1 N–H and O–H groups in total. The van der Waals surface area contributed by atoms with Gasteiger partial charge in [-0.3, -0.25) is 0 Å². The number of benzene rings is 1. The van der Waals surface area contributed by atoms with Crippen LogP contribution in [0.4, 0.5) is 0 Å². The van der Waals surface area contributed by atoms with E-state index in [1.165, 1.54) is 11.3 Å². The van der Waals surface area contributed by atoms with Gasteiger partial charge in [0, 0.05) is 5.56 Å². The number of nitrogens with zero attached hydrogens (tertiary/aromatic N) is 2. The van der Waals surface area contributed by atoms with E-state index in [1.54, 1.807) is 18.2 Å². The van der Waals surface area contributed by atoms with Gasteiger partial charge < -0.3 is 5.11 Å². The number of phenols is 1. The van der Waals surface area contributed by atoms with Gasteiger partial charge in [0.2, 0.25) is 0 Å². The van der Waals surface area contributed by atoms with E-state index in [9.17, 15) is 5.11 Å². The fourth-order valence-corrected chi connectivity index (χ4v) is 2.34. The van der Waals surface area contributed by atoms with Gasteiger partial charge in [0.15, 0.2) is 5.01 Å². The molecule has 0 spiro atoms. The van der Waals surface area contributed by atoms with Crippen molar-refractivity contribution in [1.82, 2.24) is 4.98 Å². The fraction of sp³-hybridized carbons (Fsp3) is 0.0909. The van der Waals surface area contributed by atoms with E-state index in [4.69, 9.17) is 5.26 Å². The first-order chi connectivity index (χ1) is 7.26. The van der Waals surface area contributed by atoms with Crippen molar-refractivity contribution in [2.45, 2.75) is 6.42 Å². The van der Waals surface area contributed by atoms with Gasteiger partial charge in [-0.25, -0.2) is 4.98 Å². The quantitative estimate of drug-likeness (QED) is 0.785. The van der Waals surface area contributed by atoms with Gasteiger partial charge in [-0.15, -0.1) is 17.9 Å². The second kappa shape index (κ2) is 3.71. The number of aromatic hydroxyl groups is 1. The molecule has 0 saturated heterocycles. The molecule has 1 aromatic carbocycles. The molecule has 1 heterocycles. The van der Waals surface area contributed by atoms with E-state index in [-0.39, 0.29) is 5.75 Å². The standard InChI is InChI=1S/C11H8N2OS/c1-2-3-7-9(14)5-4-8-11(7)15-10(6-12)13-8/h2,4-5,14H,1,3H2. The zero-order valence-electron chi connectivity index (χ0n) is 7.90. The zero-order valence-corrected chi connectivity index (χ0v) is 8.71. The number of fused-ring (bicyclic) bond motifs is 1. The first kappa shape index (κ1) is 9.69. The van der Waals surface area contributed by atoms with Crippen molar-refractivity contribution in [2.75, 3.05) is 0 Å². The van der Waals surface area contributed by atoms with Gasteiger partial charge in [-0.05, 0) is 18.6 Å². The summed E-state index contributed by atoms with van der Waals surface area (Å²) in [6.45, 7) is 3.64. The van der Waals surface area contributed by atoms with Crippen molar-refractivity contribution in [1.29, 1.82) is 5.26 Å². The number of aromatic nitrogens is 1. The van der Waals surface area contributed by atoms with Crippen molar-refractivity contribution in [3.8, 4) is 11.8 Å². The summed E-state index contributed by atoms with van der Waals surface area (Å²) in [7, 11) is 0. The van der Waals surface area contributed by atoms with Crippen LogP contribution in [0.2, 0.25) is 0 Å². The molecule has 0 amide bonds. The van der Waals surface area contributed by atoms with Crippen LogP contribution in [0.3, 0.4) is 0 Å². The molecule has 74 valence electrons. The molecule has 0 aliphatic heterocycles. The molecule has 4 heteroatoms. The monoisotopic (exact) mass is 216 g/mol. The van der Waals surface area contributed by atoms with E-state index in [0.717, 1.165) is 15.8 Å². The summed E-state index contributed by atoms with van der Waals surface area (Å²) in [5.41, 5.74) is 1.55. The predicted molar refractivity (Wildman–Crippen MR) is 59.9 cm³/mol. The lowest BCUT2D eigenvalue weighted by Crippen LogP contribution is -1.82. The summed E-state index contributed by atoms with van der Waals surface area (Å²) in [4.78, 5) is 4.13. The van der Waals surface area contributed by atoms with Crippen LogP contribution in [0, 0.1) is 11.3 Å². The first-order valence-electron chi connectivity index (χ1n) is 4.38. The Labute approximate surface area is 90.9 Å². The van der Waals surface area contributed by atoms with E-state index in [1.807, 2.05) is 6.07 Å². The highest BCUT2D eigenvalue weighted by atomic mass is 32.1. The molecular formula is C11H8N2OS. The Bertz CT molecular complexity index is 566. The normalized spacial score (nSPS) is 10.1. The molecule has 3 nitrogen and oxygen atoms in total. The average molecular weight is 216 g/mol. The maximum Gasteiger partial charge on any atom is 0.195 e. The predicted octanol–water partition coefficient (Wildman–Crippen LogP) is 2.60. The highest BCUT2D eigenvalue weighted by molar-refractivity contribution is 7.19. The lowest BCUT2D eigenvalue weighted by molar-refractivity contribution is 0.471. The topological polar surface area (TPSA) is 56.9 Å². The summed E-state index contributed by atoms with van der Waals surface area (Å²) in [5, 5.41) is 18.8. The minimum Gasteiger partial charge on any atom is -0.508 e. The third-order valence-corrected chi connectivity index (χ3v) is 3.12. The molecule has 0 unspecified atom stereocenters. The van der Waals surface area contributed by atoms with Crippen LogP contribution in [-0.2, 0) is 6.42 Å². The molecule has 2 aromatic rings. The smallest absolute Gasteiger partial charge is 0.195 e. The van der Waals surface area contributed by atoms with Crippen LogP contribution in [0.1, 0.15) is 10.6 Å². The van der Waals surface area contributed by atoms with Crippen molar-refractivity contribution in [2.24, 2.45) is 0 Å². The number of nitriles is 1. The van der Waals surface area contributed by atoms with Crippen LogP contribution in [0.5, 0.6) is 5.75 Å². The number of phenolic OH excluding ortho intramolecular Hbond substituents is 1. The molecule has 0 aliphatic carbocycles. The molecule has 1 aromatic heterocycles. The van der Waals surface area contributed by atoms with Crippen molar-refractivity contribution in [3.63, 3.8) is 0 Å². The van der Waals surface area contributed by atoms with Gasteiger partial charge >= 0.3 is 0 Å². The van der Waals surface area contributed by atoms with Crippen LogP contribution >= 0.6 is 11.3 Å². The maximum absolute atomic E-state index is 9.67. The third-order valence-electron chi connectivity index (χ3n) is 2.08. The first-order valence-corrected chi connectivity index (χ1v) is 5.20. The number of thiazole rings is 1. The van der Waals surface area contributed by atoms with Gasteiger partial charge in [0.1, 0.15) is 11.8 Å². The number of rotatable bonds is 2. The lowest BCUT2D eigenvalue weighted by Gasteiger charge is -2.01. The largest absolute Gasteiger partial charge is 0.508 e. The molecule has 0 saturated carbocycles. The Kier molecular flexibility index (Phi) is 2.40. The highest BCUT2D eigenvalue weighted by Gasteiger charge is 2.10. The average Bonchev–Trinajstić information content (AvgIpc) is 2.66. The van der Waals surface area contributed by atoms with E-state index in [0.29, 0.717) is 11.4 Å². The molecule has 0 radical (unpaired) electrons. The summed E-state index contributed by atoms with van der Waals surface area (Å²) in [6, 6.07) is 5.32. The highest BCUT2D eigenvalue weighted by Crippen LogP contribution is 2.31. The van der Waals surface area contributed by atoms with E-state index in [2.05, 4.69) is 11.6 Å². The Morgan fingerprint density at radius 1 is 1.60 bits per heavy atom. The molecule has 2 rings (SSSR count). The summed E-state index contributed by atoms with van der Waals surface area (Å²) >= 11 is 1.30. The van der Waals surface area contributed by atoms with Gasteiger partial charge in [0.05, 0.1) is 10.2 Å². The van der Waals surface area contributed by atoms with Crippen LogP contribution < -0.4 is 0 Å². The van der Waals surface area contributed by atoms with Crippen LogP contribution in [-0.4, -0.2) is 10.1 Å². The van der Waals surface area contributed by atoms with Crippen LogP contribution in [0.15, 0.2) is 24.8 Å². The van der Waals surface area contributed by atoms with E-state index >= 15 is 0 Å². The third kappa shape index (κ3) is 1.58. The second-order valence-corrected chi connectivity index (χ2v) is 4.03. The summed E-state index contributed by atoms with van der Waals surface area (Å²) in [6.07, 6.45) is 2.30. The van der Waals surface area contributed by atoms with Gasteiger partial charge in [-0.1, -0.05) is 6.08 Å². The van der Waals surface area contributed by atoms with Gasteiger partial charge in [0.25, 0.3) is 0 Å². The van der Waals surface area contributed by atoms with Crippen molar-refractivity contribution in [3.05, 3.63) is 35.4 Å². The van der Waals surface area contributed by atoms with Crippen LogP contribution in [0.25, 0.3) is 10.2 Å². The molecule has 0 fully saturated rings.